The molecule has 0 spiro atoms. The number of rotatable bonds is 7. The van der Waals surface area contributed by atoms with Crippen LogP contribution in [0, 0.1) is 6.92 Å². The second-order valence-corrected chi connectivity index (χ2v) is 9.91. The zero-order chi connectivity index (χ0) is 25.2. The highest BCUT2D eigenvalue weighted by molar-refractivity contribution is 7.92. The second-order valence-electron chi connectivity index (χ2n) is 7.82. The van der Waals surface area contributed by atoms with E-state index in [1.807, 2.05) is 0 Å². The van der Waals surface area contributed by atoms with E-state index in [4.69, 9.17) is 11.6 Å². The van der Waals surface area contributed by atoms with Crippen LogP contribution in [-0.4, -0.2) is 23.9 Å². The average Bonchev–Trinajstić information content (AvgIpc) is 2.81. The number of anilines is 2. The molecular formula is C24H21ClN4O5S. The molecule has 3 aromatic carbocycles. The molecule has 0 saturated heterocycles. The first-order valence-corrected chi connectivity index (χ1v) is 12.4. The van der Waals surface area contributed by atoms with Crippen molar-refractivity contribution in [3.05, 3.63) is 98.2 Å². The fourth-order valence-electron chi connectivity index (χ4n) is 3.60. The molecule has 0 aliphatic rings. The van der Waals surface area contributed by atoms with Gasteiger partial charge in [-0.25, -0.2) is 13.2 Å². The Balaban J connectivity index is 1.42. The summed E-state index contributed by atoms with van der Waals surface area (Å²) in [5.74, 6) is -0.352. The monoisotopic (exact) mass is 512 g/mol. The van der Waals surface area contributed by atoms with Gasteiger partial charge in [0.05, 0.1) is 15.8 Å². The SMILES string of the molecule is Cc1ccc(Cl)cc1S(=O)(=O)Nc1ccc(NC(=O)CCn2c(=O)[nH]c(=O)c3ccccc32)cc1. The number of hydrogen-bond acceptors (Lipinski definition) is 5. The maximum absolute atomic E-state index is 12.7. The van der Waals surface area contributed by atoms with Gasteiger partial charge in [0, 0.05) is 29.4 Å². The minimum Gasteiger partial charge on any atom is -0.326 e. The van der Waals surface area contributed by atoms with Crippen molar-refractivity contribution in [2.75, 3.05) is 10.0 Å². The fraction of sp³-hybridized carbons (Fsp3) is 0.125. The number of sulfonamides is 1. The number of para-hydroxylation sites is 1. The molecule has 0 fully saturated rings. The number of carbonyl (C=O) groups excluding carboxylic acids is 1. The summed E-state index contributed by atoms with van der Waals surface area (Å²) in [5, 5.41) is 3.38. The van der Waals surface area contributed by atoms with Crippen molar-refractivity contribution in [2.24, 2.45) is 0 Å². The lowest BCUT2D eigenvalue weighted by Gasteiger charge is -2.12. The van der Waals surface area contributed by atoms with Crippen LogP contribution < -0.4 is 21.3 Å². The quantitative estimate of drug-likeness (QED) is 0.349. The Morgan fingerprint density at radius 1 is 1.00 bits per heavy atom. The van der Waals surface area contributed by atoms with Gasteiger partial charge in [-0.15, -0.1) is 0 Å². The summed E-state index contributed by atoms with van der Waals surface area (Å²) in [5.41, 5.74) is 0.700. The summed E-state index contributed by atoms with van der Waals surface area (Å²) < 4.78 is 29.2. The smallest absolute Gasteiger partial charge is 0.326 e. The van der Waals surface area contributed by atoms with Crippen LogP contribution in [0.25, 0.3) is 10.9 Å². The van der Waals surface area contributed by atoms with Crippen molar-refractivity contribution in [1.82, 2.24) is 9.55 Å². The molecule has 11 heteroatoms. The molecular weight excluding hydrogens is 492 g/mol. The van der Waals surface area contributed by atoms with Gasteiger partial charge in [-0.2, -0.15) is 0 Å². The van der Waals surface area contributed by atoms with Crippen molar-refractivity contribution < 1.29 is 13.2 Å². The van der Waals surface area contributed by atoms with Crippen LogP contribution in [0.15, 0.2) is 81.2 Å². The number of aryl methyl sites for hydroxylation is 2. The number of H-pyrrole nitrogens is 1. The molecule has 1 aromatic heterocycles. The van der Waals surface area contributed by atoms with Gasteiger partial charge in [-0.1, -0.05) is 29.8 Å². The third-order valence-electron chi connectivity index (χ3n) is 5.33. The zero-order valence-electron chi connectivity index (χ0n) is 18.5. The van der Waals surface area contributed by atoms with Gasteiger partial charge in [-0.05, 0) is 61.0 Å². The van der Waals surface area contributed by atoms with Crippen molar-refractivity contribution in [1.29, 1.82) is 0 Å². The highest BCUT2D eigenvalue weighted by atomic mass is 35.5. The van der Waals surface area contributed by atoms with E-state index in [1.54, 1.807) is 55.5 Å². The predicted octanol–water partition coefficient (Wildman–Crippen LogP) is 3.48. The van der Waals surface area contributed by atoms with Crippen molar-refractivity contribution in [2.45, 2.75) is 24.8 Å². The summed E-state index contributed by atoms with van der Waals surface area (Å²) in [7, 11) is -3.85. The maximum Gasteiger partial charge on any atom is 0.328 e. The number of nitrogens with zero attached hydrogens (tertiary/aromatic N) is 1. The van der Waals surface area contributed by atoms with Gasteiger partial charge in [0.15, 0.2) is 0 Å². The lowest BCUT2D eigenvalue weighted by molar-refractivity contribution is -0.116. The molecule has 0 radical (unpaired) electrons. The predicted molar refractivity (Wildman–Crippen MR) is 136 cm³/mol. The highest BCUT2D eigenvalue weighted by Crippen LogP contribution is 2.23. The lowest BCUT2D eigenvalue weighted by Crippen LogP contribution is -2.31. The molecule has 4 aromatic rings. The van der Waals surface area contributed by atoms with Crippen LogP contribution >= 0.6 is 11.6 Å². The molecule has 0 bridgehead atoms. The Kier molecular flexibility index (Phi) is 6.77. The minimum absolute atomic E-state index is 0.0155. The molecule has 3 N–H and O–H groups in total. The summed E-state index contributed by atoms with van der Waals surface area (Å²) in [6.07, 6.45) is -0.0155. The molecule has 0 saturated carbocycles. The van der Waals surface area contributed by atoms with Crippen molar-refractivity contribution in [3.8, 4) is 0 Å². The minimum atomic E-state index is -3.85. The molecule has 0 aliphatic carbocycles. The number of amides is 1. The molecule has 0 aliphatic heterocycles. The largest absolute Gasteiger partial charge is 0.328 e. The third kappa shape index (κ3) is 5.44. The highest BCUT2D eigenvalue weighted by Gasteiger charge is 2.17. The first kappa shape index (κ1) is 24.2. The van der Waals surface area contributed by atoms with E-state index in [0.717, 1.165) is 0 Å². The molecule has 1 amide bonds. The average molecular weight is 513 g/mol. The third-order valence-corrected chi connectivity index (χ3v) is 7.09. The van der Waals surface area contributed by atoms with Crippen LogP contribution in [-0.2, 0) is 21.4 Å². The van der Waals surface area contributed by atoms with Crippen LogP contribution in [0.5, 0.6) is 0 Å². The van der Waals surface area contributed by atoms with E-state index in [0.29, 0.717) is 32.9 Å². The van der Waals surface area contributed by atoms with E-state index < -0.39 is 21.3 Å². The van der Waals surface area contributed by atoms with Gasteiger partial charge in [0.2, 0.25) is 5.91 Å². The molecule has 9 nitrogen and oxygen atoms in total. The Hall–Kier alpha value is -3.89. The molecule has 1 heterocycles. The number of fused-ring (bicyclic) bond motifs is 1. The zero-order valence-corrected chi connectivity index (χ0v) is 20.1. The van der Waals surface area contributed by atoms with Gasteiger partial charge in [-0.3, -0.25) is 23.9 Å². The van der Waals surface area contributed by atoms with Gasteiger partial charge in [0.1, 0.15) is 0 Å². The summed E-state index contributed by atoms with van der Waals surface area (Å²) in [6, 6.07) is 17.4. The summed E-state index contributed by atoms with van der Waals surface area (Å²) in [6.45, 7) is 1.74. The number of hydrogen-bond donors (Lipinski definition) is 3. The van der Waals surface area contributed by atoms with Crippen molar-refractivity contribution in [3.63, 3.8) is 0 Å². The number of carbonyl (C=O) groups is 1. The standard InChI is InChI=1S/C24H21ClN4O5S/c1-15-6-7-16(25)14-21(15)35(33,34)28-18-10-8-17(9-11-18)26-22(30)12-13-29-20-5-3-2-4-19(20)23(31)27-24(29)32/h2-11,14,28H,12-13H2,1H3,(H,26,30)(H,27,31,32). The molecule has 4 rings (SSSR count). The van der Waals surface area contributed by atoms with Crippen LogP contribution in [0.2, 0.25) is 5.02 Å². The lowest BCUT2D eigenvalue weighted by atomic mass is 10.2. The maximum atomic E-state index is 12.7. The molecule has 0 unspecified atom stereocenters. The fourth-order valence-corrected chi connectivity index (χ4v) is 5.16. The number of nitrogens with one attached hydrogen (secondary N) is 3. The van der Waals surface area contributed by atoms with E-state index in [1.165, 1.54) is 22.8 Å². The Morgan fingerprint density at radius 3 is 2.43 bits per heavy atom. The molecule has 180 valence electrons. The van der Waals surface area contributed by atoms with Crippen LogP contribution in [0.4, 0.5) is 11.4 Å². The molecule has 35 heavy (non-hydrogen) atoms. The van der Waals surface area contributed by atoms with E-state index in [2.05, 4.69) is 15.0 Å². The number of aromatic amines is 1. The van der Waals surface area contributed by atoms with E-state index >= 15 is 0 Å². The van der Waals surface area contributed by atoms with E-state index in [9.17, 15) is 22.8 Å². The van der Waals surface area contributed by atoms with Gasteiger partial charge >= 0.3 is 5.69 Å². The van der Waals surface area contributed by atoms with E-state index in [-0.39, 0.29) is 23.8 Å². The topological polar surface area (TPSA) is 130 Å². The first-order valence-electron chi connectivity index (χ1n) is 10.5. The Morgan fingerprint density at radius 2 is 1.69 bits per heavy atom. The number of benzene rings is 3. The first-order chi connectivity index (χ1) is 16.6. The second kappa shape index (κ2) is 9.77. The normalized spacial score (nSPS) is 11.4. The Bertz CT molecular complexity index is 1640. The molecule has 0 atom stereocenters. The van der Waals surface area contributed by atoms with Gasteiger partial charge < -0.3 is 5.32 Å². The van der Waals surface area contributed by atoms with Crippen LogP contribution in [0.1, 0.15) is 12.0 Å². The Labute approximate surface area is 205 Å². The number of halogens is 1. The summed E-state index contributed by atoms with van der Waals surface area (Å²) in [4.78, 5) is 39.0. The van der Waals surface area contributed by atoms with Gasteiger partial charge in [0.25, 0.3) is 15.6 Å². The van der Waals surface area contributed by atoms with Crippen LogP contribution in [0.3, 0.4) is 0 Å². The summed E-state index contributed by atoms with van der Waals surface area (Å²) >= 11 is 5.94. The number of aromatic nitrogens is 2. The van der Waals surface area contributed by atoms with Crippen molar-refractivity contribution >= 4 is 49.8 Å².